The first-order valence-electron chi connectivity index (χ1n) is 6.96. The van der Waals surface area contributed by atoms with Gasteiger partial charge >= 0.3 is 0 Å². The minimum absolute atomic E-state index is 0. The Balaban J connectivity index is 0.00000147. The van der Waals surface area contributed by atoms with Crippen LogP contribution in [-0.4, -0.2) is 0 Å². The first-order chi connectivity index (χ1) is 9.30. The molecule has 0 spiro atoms. The zero-order valence-corrected chi connectivity index (χ0v) is 14.9. The van der Waals surface area contributed by atoms with Crippen LogP contribution in [0.15, 0.2) is 36.4 Å². The standard InChI is InChI=1S/C18H18N.Y/c1-3-13-5-9-17-15(11-13)7-8-16-12-14(4-2)6-10-18(16)19-17;/h5-12H,3-4H2,1-2H3;/q-1;. The predicted octanol–water partition coefficient (Wildman–Crippen LogP) is 5.63. The van der Waals surface area contributed by atoms with E-state index in [2.05, 4.69) is 62.4 Å². The Labute approximate surface area is 146 Å². The van der Waals surface area contributed by atoms with Crippen molar-refractivity contribution in [2.75, 3.05) is 0 Å². The van der Waals surface area contributed by atoms with Gasteiger partial charge in [-0.05, 0) is 35.1 Å². The fraction of sp³-hybridized carbons (Fsp3) is 0.222. The molecule has 1 aliphatic rings. The number of aryl methyl sites for hydroxylation is 2. The van der Waals surface area contributed by atoms with E-state index in [9.17, 15) is 0 Å². The Morgan fingerprint density at radius 3 is 1.60 bits per heavy atom. The molecular formula is C18H18NY-. The van der Waals surface area contributed by atoms with Crippen molar-refractivity contribution >= 4 is 23.5 Å². The molecule has 0 saturated carbocycles. The van der Waals surface area contributed by atoms with Crippen LogP contribution in [0.5, 0.6) is 0 Å². The second-order valence-electron chi connectivity index (χ2n) is 4.94. The summed E-state index contributed by atoms with van der Waals surface area (Å²) in [5.74, 6) is 0. The van der Waals surface area contributed by atoms with E-state index in [1.165, 1.54) is 22.3 Å². The van der Waals surface area contributed by atoms with Crippen molar-refractivity contribution in [1.29, 1.82) is 0 Å². The van der Waals surface area contributed by atoms with Crippen molar-refractivity contribution in [3.05, 3.63) is 64.0 Å². The Hall–Kier alpha value is -0.916. The molecule has 1 nitrogen and oxygen atoms in total. The second-order valence-corrected chi connectivity index (χ2v) is 4.94. The van der Waals surface area contributed by atoms with Gasteiger partial charge in [-0.25, -0.2) is 0 Å². The summed E-state index contributed by atoms with van der Waals surface area (Å²) in [6, 6.07) is 13.1. The monoisotopic (exact) mass is 337 g/mol. The van der Waals surface area contributed by atoms with Gasteiger partial charge in [-0.15, -0.1) is 11.4 Å². The normalized spacial score (nSPS) is 11.7. The van der Waals surface area contributed by atoms with Crippen LogP contribution in [0.1, 0.15) is 36.1 Å². The molecule has 0 aromatic heterocycles. The van der Waals surface area contributed by atoms with Crippen LogP contribution in [0, 0.1) is 0 Å². The fourth-order valence-electron chi connectivity index (χ4n) is 2.43. The smallest absolute Gasteiger partial charge is 0 e. The maximum Gasteiger partial charge on any atom is 0 e. The Kier molecular flexibility index (Phi) is 5.18. The first-order valence-corrected chi connectivity index (χ1v) is 6.96. The maximum absolute atomic E-state index is 4.79. The van der Waals surface area contributed by atoms with Gasteiger partial charge in [0.15, 0.2) is 0 Å². The van der Waals surface area contributed by atoms with Crippen molar-refractivity contribution in [2.45, 2.75) is 26.7 Å². The second kappa shape index (κ2) is 6.69. The molecule has 1 radical (unpaired) electrons. The third kappa shape index (κ3) is 3.05. The van der Waals surface area contributed by atoms with Gasteiger partial charge in [-0.1, -0.05) is 62.4 Å². The number of fused-ring (bicyclic) bond motifs is 2. The van der Waals surface area contributed by atoms with Crippen molar-refractivity contribution in [3.8, 4) is 0 Å². The number of hydrogen-bond acceptors (Lipinski definition) is 0. The largest absolute Gasteiger partial charge is 0.657 e. The summed E-state index contributed by atoms with van der Waals surface area (Å²) in [6.07, 6.45) is 6.49. The van der Waals surface area contributed by atoms with E-state index in [4.69, 9.17) is 5.32 Å². The minimum Gasteiger partial charge on any atom is -0.657 e. The molecule has 0 aliphatic carbocycles. The van der Waals surface area contributed by atoms with Gasteiger partial charge in [-0.3, -0.25) is 0 Å². The number of hydrogen-bond donors (Lipinski definition) is 0. The van der Waals surface area contributed by atoms with Crippen LogP contribution < -0.4 is 0 Å². The van der Waals surface area contributed by atoms with Crippen LogP contribution >= 0.6 is 0 Å². The molecule has 1 aliphatic heterocycles. The molecule has 2 heteroatoms. The molecule has 2 aromatic rings. The van der Waals surface area contributed by atoms with E-state index < -0.39 is 0 Å². The average Bonchev–Trinajstić information content (AvgIpc) is 2.64. The third-order valence-corrected chi connectivity index (χ3v) is 3.68. The molecule has 1 heterocycles. The van der Waals surface area contributed by atoms with Crippen molar-refractivity contribution in [3.63, 3.8) is 0 Å². The number of benzene rings is 2. The summed E-state index contributed by atoms with van der Waals surface area (Å²) in [5.41, 5.74) is 7.28. The van der Waals surface area contributed by atoms with Gasteiger partial charge in [0.25, 0.3) is 0 Å². The van der Waals surface area contributed by atoms with Gasteiger partial charge in [0.1, 0.15) is 0 Å². The topological polar surface area (TPSA) is 14.1 Å². The molecule has 0 fully saturated rings. The van der Waals surface area contributed by atoms with Crippen LogP contribution in [0.3, 0.4) is 0 Å². The van der Waals surface area contributed by atoms with Crippen LogP contribution in [0.2, 0.25) is 0 Å². The molecule has 0 bridgehead atoms. The van der Waals surface area contributed by atoms with Gasteiger partial charge in [-0.2, -0.15) is 0 Å². The van der Waals surface area contributed by atoms with E-state index in [1.807, 2.05) is 0 Å². The van der Waals surface area contributed by atoms with Crippen molar-refractivity contribution in [1.82, 2.24) is 0 Å². The summed E-state index contributed by atoms with van der Waals surface area (Å²) in [4.78, 5) is 0. The van der Waals surface area contributed by atoms with Crippen molar-refractivity contribution < 1.29 is 32.7 Å². The van der Waals surface area contributed by atoms with E-state index >= 15 is 0 Å². The van der Waals surface area contributed by atoms with Crippen LogP contribution in [-0.2, 0) is 45.6 Å². The van der Waals surface area contributed by atoms with Gasteiger partial charge in [0, 0.05) is 32.7 Å². The molecule has 2 aromatic carbocycles. The van der Waals surface area contributed by atoms with E-state index in [0.717, 1.165) is 24.2 Å². The first kappa shape index (κ1) is 15.5. The van der Waals surface area contributed by atoms with Gasteiger partial charge < -0.3 is 5.32 Å². The molecular weight excluding hydrogens is 319 g/mol. The van der Waals surface area contributed by atoms with E-state index in [-0.39, 0.29) is 32.7 Å². The third-order valence-electron chi connectivity index (χ3n) is 3.68. The van der Waals surface area contributed by atoms with E-state index in [0.29, 0.717) is 0 Å². The zero-order chi connectivity index (χ0) is 13.2. The Morgan fingerprint density at radius 2 is 1.20 bits per heavy atom. The minimum atomic E-state index is 0. The molecule has 0 saturated heterocycles. The molecule has 99 valence electrons. The fourth-order valence-corrected chi connectivity index (χ4v) is 2.43. The molecule has 0 N–H and O–H groups in total. The molecule has 0 atom stereocenters. The molecule has 3 rings (SSSR count). The SMILES string of the molecule is CCc1ccc2c(c1)C=Cc1cc(CC)ccc1[N-]2.[Y]. The van der Waals surface area contributed by atoms with Crippen LogP contribution in [0.25, 0.3) is 17.5 Å². The predicted molar refractivity (Wildman–Crippen MR) is 83.2 cm³/mol. The number of nitrogens with zero attached hydrogens (tertiary/aromatic N) is 1. The Morgan fingerprint density at radius 1 is 0.750 bits per heavy atom. The summed E-state index contributed by atoms with van der Waals surface area (Å²) >= 11 is 0. The Bertz CT molecular complexity index is 588. The zero-order valence-electron chi connectivity index (χ0n) is 12.1. The molecule has 20 heavy (non-hydrogen) atoms. The molecule has 0 amide bonds. The summed E-state index contributed by atoms with van der Waals surface area (Å²) < 4.78 is 0. The summed E-state index contributed by atoms with van der Waals surface area (Å²) in [6.45, 7) is 4.36. The summed E-state index contributed by atoms with van der Waals surface area (Å²) in [7, 11) is 0. The van der Waals surface area contributed by atoms with Gasteiger partial charge in [0.05, 0.1) is 0 Å². The van der Waals surface area contributed by atoms with E-state index in [1.54, 1.807) is 0 Å². The average molecular weight is 337 g/mol. The van der Waals surface area contributed by atoms with Crippen LogP contribution in [0.4, 0.5) is 11.4 Å². The number of rotatable bonds is 2. The molecule has 0 unspecified atom stereocenters. The van der Waals surface area contributed by atoms with Gasteiger partial charge in [0.2, 0.25) is 0 Å². The van der Waals surface area contributed by atoms with Crippen molar-refractivity contribution in [2.24, 2.45) is 0 Å². The maximum atomic E-state index is 4.79. The summed E-state index contributed by atoms with van der Waals surface area (Å²) in [5, 5.41) is 4.79. The quantitative estimate of drug-likeness (QED) is 0.575.